The lowest BCUT2D eigenvalue weighted by Gasteiger charge is -2.17. The van der Waals surface area contributed by atoms with Gasteiger partial charge in [-0.05, 0) is 31.5 Å². The molecule has 0 bridgehead atoms. The van der Waals surface area contributed by atoms with E-state index in [1.54, 1.807) is 19.9 Å². The van der Waals surface area contributed by atoms with Gasteiger partial charge in [-0.15, -0.1) is 0 Å². The summed E-state index contributed by atoms with van der Waals surface area (Å²) in [7, 11) is -4.02. The number of carbonyl (C=O) groups excluding carboxylic acids is 1. The van der Waals surface area contributed by atoms with E-state index in [0.29, 0.717) is 17.2 Å². The number of sulfonamides is 1. The van der Waals surface area contributed by atoms with E-state index in [1.165, 1.54) is 6.07 Å². The van der Waals surface area contributed by atoms with Crippen molar-refractivity contribution in [2.45, 2.75) is 31.4 Å². The monoisotopic (exact) mass is 384 g/mol. The Bertz CT molecular complexity index is 952. The fourth-order valence-corrected chi connectivity index (χ4v) is 3.57. The number of carbonyl (C=O) groups is 1. The van der Waals surface area contributed by atoms with Gasteiger partial charge in [0.1, 0.15) is 5.75 Å². The van der Waals surface area contributed by atoms with Crippen molar-refractivity contribution in [1.29, 1.82) is 0 Å². The van der Waals surface area contributed by atoms with Crippen LogP contribution in [0, 0.1) is 6.92 Å². The maximum Gasteiger partial charge on any atom is 0.287 e. The molecule has 25 heavy (non-hydrogen) atoms. The normalized spacial score (nSPS) is 14.7. The van der Waals surface area contributed by atoms with Crippen molar-refractivity contribution in [3.63, 3.8) is 0 Å². The number of nitrogens with two attached hydrogens (primary N) is 1. The van der Waals surface area contributed by atoms with Crippen molar-refractivity contribution >= 4 is 27.5 Å². The minimum Gasteiger partial charge on any atom is -0.493 e. The Balaban J connectivity index is 1.86. The molecule has 1 aliphatic heterocycles. The third-order valence-corrected chi connectivity index (χ3v) is 4.95. The molecule has 0 saturated heterocycles. The van der Waals surface area contributed by atoms with Crippen LogP contribution in [0.15, 0.2) is 27.7 Å². The summed E-state index contributed by atoms with van der Waals surface area (Å²) in [6, 6.07) is 4.38. The van der Waals surface area contributed by atoms with Gasteiger partial charge in [0.2, 0.25) is 5.09 Å². The summed E-state index contributed by atoms with van der Waals surface area (Å²) >= 11 is 6.14. The Morgan fingerprint density at radius 3 is 2.72 bits per heavy atom. The highest BCUT2D eigenvalue weighted by Crippen LogP contribution is 2.36. The van der Waals surface area contributed by atoms with Crippen LogP contribution in [0.2, 0.25) is 5.02 Å². The lowest BCUT2D eigenvalue weighted by atomic mass is 10.0. The summed E-state index contributed by atoms with van der Waals surface area (Å²) in [5, 5.41) is 7.91. The van der Waals surface area contributed by atoms with Gasteiger partial charge in [0.05, 0.1) is 12.6 Å². The number of primary sulfonamides is 1. The van der Waals surface area contributed by atoms with Crippen LogP contribution in [-0.4, -0.2) is 20.9 Å². The molecule has 2 heterocycles. The molecule has 7 nitrogen and oxygen atoms in total. The average molecular weight is 385 g/mol. The minimum absolute atomic E-state index is 0.101. The molecule has 1 aromatic heterocycles. The molecule has 1 amide bonds. The number of amides is 1. The number of furan rings is 1. The number of aryl methyl sites for hydroxylation is 1. The smallest absolute Gasteiger partial charge is 0.287 e. The largest absolute Gasteiger partial charge is 0.493 e. The van der Waals surface area contributed by atoms with Crippen LogP contribution in [0.25, 0.3) is 0 Å². The Morgan fingerprint density at radius 2 is 2.08 bits per heavy atom. The van der Waals surface area contributed by atoms with E-state index in [1.807, 2.05) is 6.07 Å². The second-order valence-electron chi connectivity index (χ2n) is 5.90. The van der Waals surface area contributed by atoms with E-state index in [4.69, 9.17) is 25.9 Å². The number of halogens is 1. The lowest BCUT2D eigenvalue weighted by Crippen LogP contribution is -2.27. The third-order valence-electron chi connectivity index (χ3n) is 3.97. The standard InChI is InChI=1S/C16H17ClN2O5S/c1-8-5-13(25(18,21)22)24-14(8)16(20)19-9(2)12-7-11(17)6-10-3-4-23-15(10)12/h5-7,9H,3-4H2,1-2H3,(H,19,20)(H2,18,21,22). The molecule has 0 aliphatic carbocycles. The zero-order valence-corrected chi connectivity index (χ0v) is 15.2. The SMILES string of the molecule is Cc1cc(S(N)(=O)=O)oc1C(=O)NC(C)c1cc(Cl)cc2c1OCC2. The number of nitrogens with one attached hydrogen (secondary N) is 1. The van der Waals surface area contributed by atoms with Crippen LogP contribution in [0.1, 0.15) is 40.2 Å². The van der Waals surface area contributed by atoms with E-state index in [0.717, 1.165) is 23.3 Å². The summed E-state index contributed by atoms with van der Waals surface area (Å²) in [6.45, 7) is 3.92. The van der Waals surface area contributed by atoms with Crippen LogP contribution in [0.4, 0.5) is 0 Å². The number of rotatable bonds is 4. The second-order valence-corrected chi connectivity index (χ2v) is 7.83. The molecule has 1 atom stereocenters. The van der Waals surface area contributed by atoms with E-state index in [2.05, 4.69) is 5.32 Å². The van der Waals surface area contributed by atoms with Gasteiger partial charge >= 0.3 is 0 Å². The first-order valence-electron chi connectivity index (χ1n) is 7.56. The van der Waals surface area contributed by atoms with Crippen LogP contribution < -0.4 is 15.2 Å². The van der Waals surface area contributed by atoms with Crippen LogP contribution in [-0.2, 0) is 16.4 Å². The Hall–Kier alpha value is -2.03. The van der Waals surface area contributed by atoms with Crippen molar-refractivity contribution in [1.82, 2.24) is 5.32 Å². The molecule has 1 unspecified atom stereocenters. The highest BCUT2D eigenvalue weighted by Gasteiger charge is 2.25. The zero-order valence-electron chi connectivity index (χ0n) is 13.6. The molecule has 3 rings (SSSR count). The average Bonchev–Trinajstić information content (AvgIpc) is 3.11. The molecule has 3 N–H and O–H groups in total. The fourth-order valence-electron chi connectivity index (χ4n) is 2.78. The first kappa shape index (κ1) is 17.8. The molecule has 0 radical (unpaired) electrons. The zero-order chi connectivity index (χ0) is 18.4. The van der Waals surface area contributed by atoms with Crippen molar-refractivity contribution < 1.29 is 22.4 Å². The van der Waals surface area contributed by atoms with Crippen LogP contribution in [0.5, 0.6) is 5.75 Å². The summed E-state index contributed by atoms with van der Waals surface area (Å²) in [5.74, 6) is 0.0701. The molecule has 1 aromatic carbocycles. The lowest BCUT2D eigenvalue weighted by molar-refractivity contribution is 0.0905. The van der Waals surface area contributed by atoms with Crippen molar-refractivity contribution in [2.24, 2.45) is 5.14 Å². The van der Waals surface area contributed by atoms with E-state index in [-0.39, 0.29) is 5.76 Å². The molecule has 1 aliphatic rings. The number of benzene rings is 1. The molecule has 0 spiro atoms. The van der Waals surface area contributed by atoms with E-state index < -0.39 is 27.1 Å². The van der Waals surface area contributed by atoms with Crippen molar-refractivity contribution in [3.8, 4) is 5.75 Å². The predicted octanol–water partition coefficient (Wildman–Crippen LogP) is 2.31. The van der Waals surface area contributed by atoms with Crippen molar-refractivity contribution in [2.75, 3.05) is 6.61 Å². The summed E-state index contributed by atoms with van der Waals surface area (Å²) in [4.78, 5) is 12.5. The maximum absolute atomic E-state index is 12.5. The number of hydrogen-bond acceptors (Lipinski definition) is 5. The molecule has 0 saturated carbocycles. The summed E-state index contributed by atoms with van der Waals surface area (Å²) < 4.78 is 33.5. The number of ether oxygens (including phenoxy) is 1. The quantitative estimate of drug-likeness (QED) is 0.840. The second kappa shape index (κ2) is 6.36. The van der Waals surface area contributed by atoms with Gasteiger partial charge in [-0.3, -0.25) is 4.79 Å². The molecule has 134 valence electrons. The highest BCUT2D eigenvalue weighted by atomic mass is 35.5. The first-order valence-corrected chi connectivity index (χ1v) is 9.48. The molecular weight excluding hydrogens is 368 g/mol. The summed E-state index contributed by atoms with van der Waals surface area (Å²) in [6.07, 6.45) is 0.762. The maximum atomic E-state index is 12.5. The van der Waals surface area contributed by atoms with Crippen molar-refractivity contribution in [3.05, 3.63) is 45.7 Å². The molecule has 0 fully saturated rings. The summed E-state index contributed by atoms with van der Waals surface area (Å²) in [5.41, 5.74) is 2.12. The fraction of sp³-hybridized carbons (Fsp3) is 0.312. The van der Waals surface area contributed by atoms with Gasteiger partial charge in [-0.1, -0.05) is 11.6 Å². The van der Waals surface area contributed by atoms with E-state index >= 15 is 0 Å². The van der Waals surface area contributed by atoms with Gasteiger partial charge in [0.15, 0.2) is 5.76 Å². The van der Waals surface area contributed by atoms with Gasteiger partial charge < -0.3 is 14.5 Å². The Morgan fingerprint density at radius 1 is 1.36 bits per heavy atom. The van der Waals surface area contributed by atoms with Crippen LogP contribution in [0.3, 0.4) is 0 Å². The Labute approximate surface area is 150 Å². The third kappa shape index (κ3) is 3.51. The van der Waals surface area contributed by atoms with Crippen LogP contribution >= 0.6 is 11.6 Å². The van der Waals surface area contributed by atoms with E-state index in [9.17, 15) is 13.2 Å². The topological polar surface area (TPSA) is 112 Å². The molecule has 9 heteroatoms. The highest BCUT2D eigenvalue weighted by molar-refractivity contribution is 7.89. The van der Waals surface area contributed by atoms with Gasteiger partial charge in [0.25, 0.3) is 15.9 Å². The Kier molecular flexibility index (Phi) is 4.52. The number of hydrogen-bond donors (Lipinski definition) is 2. The van der Waals surface area contributed by atoms with Gasteiger partial charge in [0, 0.05) is 28.6 Å². The predicted molar refractivity (Wildman–Crippen MR) is 91.4 cm³/mol. The minimum atomic E-state index is -4.02. The molecule has 2 aromatic rings. The van der Waals surface area contributed by atoms with Gasteiger partial charge in [-0.25, -0.2) is 13.6 Å². The molecular formula is C16H17ClN2O5S. The van der Waals surface area contributed by atoms with Gasteiger partial charge in [-0.2, -0.15) is 0 Å². The first-order chi connectivity index (χ1) is 11.7. The number of fused-ring (bicyclic) bond motifs is 1.